The van der Waals surface area contributed by atoms with E-state index in [1.807, 2.05) is 30.3 Å². The van der Waals surface area contributed by atoms with Crippen LogP contribution in [0.2, 0.25) is 0 Å². The van der Waals surface area contributed by atoms with Crippen LogP contribution in [-0.4, -0.2) is 35.8 Å². The van der Waals surface area contributed by atoms with Crippen molar-refractivity contribution in [1.29, 1.82) is 0 Å². The molecule has 0 bridgehead atoms. The van der Waals surface area contributed by atoms with Crippen LogP contribution in [0.15, 0.2) is 42.5 Å². The maximum Gasteiger partial charge on any atom is 0.416 e. The number of carbonyl (C=O) groups is 3. The minimum atomic E-state index is -0.708. The number of aldehydes is 1. The van der Waals surface area contributed by atoms with Crippen LogP contribution >= 0.6 is 0 Å². The molecule has 0 saturated carbocycles. The molecule has 6 heteroatoms. The lowest BCUT2D eigenvalue weighted by Gasteiger charge is -2.24. The Morgan fingerprint density at radius 1 is 1.21 bits per heavy atom. The van der Waals surface area contributed by atoms with Crippen LogP contribution in [0.5, 0.6) is 0 Å². The second-order valence-electron chi connectivity index (χ2n) is 7.48. The molecule has 2 amide bonds. The van der Waals surface area contributed by atoms with Gasteiger partial charge in [-0.05, 0) is 48.9 Å². The molecule has 1 saturated heterocycles. The molecular weight excluding hydrogens is 373 g/mol. The lowest BCUT2D eigenvalue weighted by molar-refractivity contribution is -0.134. The quantitative estimate of drug-likeness (QED) is 0.667. The van der Waals surface area contributed by atoms with Crippen molar-refractivity contribution in [3.8, 4) is 0 Å². The van der Waals surface area contributed by atoms with Crippen molar-refractivity contribution in [3.63, 3.8) is 0 Å². The molecule has 29 heavy (non-hydrogen) atoms. The molecule has 1 unspecified atom stereocenters. The van der Waals surface area contributed by atoms with Crippen LogP contribution in [0.25, 0.3) is 0 Å². The highest BCUT2D eigenvalue weighted by Gasteiger charge is 2.40. The van der Waals surface area contributed by atoms with Gasteiger partial charge in [-0.1, -0.05) is 42.5 Å². The average Bonchev–Trinajstić information content (AvgIpc) is 3.06. The van der Waals surface area contributed by atoms with Gasteiger partial charge in [0, 0.05) is 12.3 Å². The fraction of sp³-hybridized carbons (Fsp3) is 0.348. The number of ether oxygens (including phenoxy) is 1. The Bertz CT molecular complexity index is 889. The van der Waals surface area contributed by atoms with Gasteiger partial charge in [-0.3, -0.25) is 4.79 Å². The molecule has 0 aromatic heterocycles. The number of hydrogen-bond donors (Lipinski definition) is 0. The minimum absolute atomic E-state index is 0.0177. The van der Waals surface area contributed by atoms with Gasteiger partial charge in [-0.25, -0.2) is 14.1 Å². The molecule has 3 rings (SSSR count). The van der Waals surface area contributed by atoms with Crippen LogP contribution in [0.4, 0.5) is 9.18 Å². The molecule has 2 aromatic carbocycles. The second-order valence-corrected chi connectivity index (χ2v) is 7.48. The van der Waals surface area contributed by atoms with Crippen molar-refractivity contribution in [2.75, 3.05) is 6.61 Å². The molecule has 1 heterocycles. The van der Waals surface area contributed by atoms with Crippen molar-refractivity contribution in [3.05, 3.63) is 70.5 Å². The van der Waals surface area contributed by atoms with E-state index in [1.54, 1.807) is 26.0 Å². The zero-order chi connectivity index (χ0) is 21.0. The Labute approximate surface area is 169 Å². The third kappa shape index (κ3) is 4.70. The number of aryl methyl sites for hydroxylation is 2. The fourth-order valence-electron chi connectivity index (χ4n) is 3.79. The van der Waals surface area contributed by atoms with Gasteiger partial charge in [0.05, 0.1) is 6.04 Å². The zero-order valence-electron chi connectivity index (χ0n) is 16.6. The van der Waals surface area contributed by atoms with E-state index < -0.39 is 24.0 Å². The van der Waals surface area contributed by atoms with Crippen molar-refractivity contribution in [1.82, 2.24) is 4.90 Å². The summed E-state index contributed by atoms with van der Waals surface area (Å²) in [7, 11) is 0. The maximum absolute atomic E-state index is 13.9. The summed E-state index contributed by atoms with van der Waals surface area (Å²) in [6.07, 6.45) is 0.718. The summed E-state index contributed by atoms with van der Waals surface area (Å²) in [6, 6.07) is 12.5. The maximum atomic E-state index is 13.9. The third-order valence-electron chi connectivity index (χ3n) is 5.22. The Balaban J connectivity index is 1.81. The van der Waals surface area contributed by atoms with Crippen LogP contribution in [0.1, 0.15) is 28.7 Å². The Kier molecular flexibility index (Phi) is 6.42. The number of carbonyl (C=O) groups excluding carboxylic acids is 3. The molecule has 152 valence electrons. The first kappa shape index (κ1) is 20.7. The highest BCUT2D eigenvalue weighted by molar-refractivity contribution is 5.95. The standard InChI is InChI=1S/C23H24FNO4/c1-15-10-18(11-16(2)21(15)24)12-19(8-9-26)22(27)25-20(14-29-23(25)28)13-17-6-4-3-5-7-17/h3-7,9-11,19-20H,8,12-14H2,1-2H3/t19-,20?/m0/s1. The van der Waals surface area contributed by atoms with E-state index in [9.17, 15) is 18.8 Å². The van der Waals surface area contributed by atoms with Crippen molar-refractivity contribution in [2.24, 2.45) is 5.92 Å². The van der Waals surface area contributed by atoms with Gasteiger partial charge in [0.2, 0.25) is 5.91 Å². The molecule has 5 nitrogen and oxygen atoms in total. The SMILES string of the molecule is Cc1cc(C[C@H](CC=O)C(=O)N2C(=O)OCC2Cc2ccccc2)cc(C)c1F. The topological polar surface area (TPSA) is 63.7 Å². The predicted octanol–water partition coefficient (Wildman–Crippen LogP) is 3.78. The van der Waals surface area contributed by atoms with E-state index in [2.05, 4.69) is 0 Å². The number of rotatable bonds is 7. The largest absolute Gasteiger partial charge is 0.447 e. The van der Waals surface area contributed by atoms with Gasteiger partial charge in [0.25, 0.3) is 0 Å². The molecule has 2 aromatic rings. The van der Waals surface area contributed by atoms with Gasteiger partial charge in [0.15, 0.2) is 0 Å². The molecular formula is C23H24FNO4. The van der Waals surface area contributed by atoms with Gasteiger partial charge < -0.3 is 9.53 Å². The van der Waals surface area contributed by atoms with Gasteiger partial charge in [-0.15, -0.1) is 0 Å². The summed E-state index contributed by atoms with van der Waals surface area (Å²) in [4.78, 5) is 37.8. The van der Waals surface area contributed by atoms with Crippen molar-refractivity contribution < 1.29 is 23.5 Å². The van der Waals surface area contributed by atoms with Crippen LogP contribution in [0, 0.1) is 25.6 Å². The van der Waals surface area contributed by atoms with E-state index >= 15 is 0 Å². The first-order valence-electron chi connectivity index (χ1n) is 9.63. The average molecular weight is 397 g/mol. The monoisotopic (exact) mass is 397 g/mol. The summed E-state index contributed by atoms with van der Waals surface area (Å²) >= 11 is 0. The lowest BCUT2D eigenvalue weighted by Crippen LogP contribution is -2.44. The number of amides is 2. The predicted molar refractivity (Wildman–Crippen MR) is 106 cm³/mol. The Morgan fingerprint density at radius 2 is 1.86 bits per heavy atom. The number of hydrogen-bond acceptors (Lipinski definition) is 4. The Morgan fingerprint density at radius 3 is 2.48 bits per heavy atom. The molecule has 0 N–H and O–H groups in total. The number of nitrogens with zero attached hydrogens (tertiary/aromatic N) is 1. The van der Waals surface area contributed by atoms with Gasteiger partial charge in [0.1, 0.15) is 18.7 Å². The molecule has 1 fully saturated rings. The molecule has 0 radical (unpaired) electrons. The van der Waals surface area contributed by atoms with E-state index in [0.717, 1.165) is 16.0 Å². The van der Waals surface area contributed by atoms with Gasteiger partial charge >= 0.3 is 6.09 Å². The van der Waals surface area contributed by atoms with Gasteiger partial charge in [-0.2, -0.15) is 0 Å². The first-order valence-corrected chi connectivity index (χ1v) is 9.63. The number of imide groups is 1. The summed E-state index contributed by atoms with van der Waals surface area (Å²) in [6.45, 7) is 3.45. The normalized spacial score (nSPS) is 17.1. The number of halogens is 1. The number of benzene rings is 2. The number of cyclic esters (lactones) is 1. The molecule has 1 aliphatic rings. The van der Waals surface area contributed by atoms with E-state index in [1.165, 1.54) is 0 Å². The highest BCUT2D eigenvalue weighted by atomic mass is 19.1. The molecule has 1 aliphatic heterocycles. The first-order chi connectivity index (χ1) is 13.9. The minimum Gasteiger partial charge on any atom is -0.447 e. The van der Waals surface area contributed by atoms with Crippen molar-refractivity contribution in [2.45, 2.75) is 39.2 Å². The third-order valence-corrected chi connectivity index (χ3v) is 5.22. The molecule has 2 atom stereocenters. The summed E-state index contributed by atoms with van der Waals surface area (Å²) in [5.74, 6) is -1.42. The lowest BCUT2D eigenvalue weighted by atomic mass is 9.92. The van der Waals surface area contributed by atoms with E-state index in [-0.39, 0.29) is 25.3 Å². The summed E-state index contributed by atoms with van der Waals surface area (Å²) < 4.78 is 19.0. The van der Waals surface area contributed by atoms with Crippen molar-refractivity contribution >= 4 is 18.3 Å². The van der Waals surface area contributed by atoms with Crippen LogP contribution in [-0.2, 0) is 27.2 Å². The molecule has 0 spiro atoms. The fourth-order valence-corrected chi connectivity index (χ4v) is 3.79. The summed E-state index contributed by atoms with van der Waals surface area (Å²) in [5, 5.41) is 0. The highest BCUT2D eigenvalue weighted by Crippen LogP contribution is 2.24. The zero-order valence-corrected chi connectivity index (χ0v) is 16.6. The smallest absolute Gasteiger partial charge is 0.416 e. The van der Waals surface area contributed by atoms with E-state index in [0.29, 0.717) is 23.8 Å². The molecule has 0 aliphatic carbocycles. The van der Waals surface area contributed by atoms with Crippen LogP contribution in [0.3, 0.4) is 0 Å². The Hall–Kier alpha value is -3.02. The van der Waals surface area contributed by atoms with Crippen LogP contribution < -0.4 is 0 Å². The summed E-state index contributed by atoms with van der Waals surface area (Å²) in [5.41, 5.74) is 2.72. The second kappa shape index (κ2) is 8.99. The van der Waals surface area contributed by atoms with E-state index in [4.69, 9.17) is 4.74 Å².